The van der Waals surface area contributed by atoms with Crippen LogP contribution in [0.2, 0.25) is 0 Å². The molecular formula is C10H13FIN3O. The molecule has 1 fully saturated rings. The summed E-state index contributed by atoms with van der Waals surface area (Å²) in [4.78, 5) is 10.2. The van der Waals surface area contributed by atoms with Crippen molar-refractivity contribution in [2.24, 2.45) is 0 Å². The average Bonchev–Trinajstić information content (AvgIpc) is 2.40. The first-order valence-electron chi connectivity index (χ1n) is 5.01. The minimum Gasteiger partial charge on any atom is -0.388 e. The summed E-state index contributed by atoms with van der Waals surface area (Å²) in [5, 5.41) is 9.57. The molecule has 6 heteroatoms. The highest BCUT2D eigenvalue weighted by Gasteiger charge is 2.43. The van der Waals surface area contributed by atoms with Crippen molar-refractivity contribution >= 4 is 28.4 Å². The lowest BCUT2D eigenvalue weighted by Gasteiger charge is -2.18. The first-order chi connectivity index (χ1) is 7.38. The highest BCUT2D eigenvalue weighted by molar-refractivity contribution is 14.1. The Balaban J connectivity index is 2.27. The minimum atomic E-state index is -1.57. The number of halogens is 2. The maximum Gasteiger partial charge on any atom is 0.153 e. The molecular weight excluding hydrogens is 324 g/mol. The van der Waals surface area contributed by atoms with Gasteiger partial charge < -0.3 is 10.0 Å². The number of alkyl halides is 1. The van der Waals surface area contributed by atoms with E-state index in [2.05, 4.69) is 32.6 Å². The van der Waals surface area contributed by atoms with Crippen LogP contribution in [-0.2, 0) is 0 Å². The summed E-state index contributed by atoms with van der Waals surface area (Å²) in [6, 6.07) is 1.79. The van der Waals surface area contributed by atoms with Gasteiger partial charge in [-0.25, -0.2) is 14.4 Å². The Hall–Kier alpha value is -0.500. The topological polar surface area (TPSA) is 49.2 Å². The third kappa shape index (κ3) is 2.27. The monoisotopic (exact) mass is 337 g/mol. The normalized spacial score (nSPS) is 29.8. The van der Waals surface area contributed by atoms with Gasteiger partial charge in [0.15, 0.2) is 5.67 Å². The van der Waals surface area contributed by atoms with Crippen molar-refractivity contribution in [2.75, 3.05) is 18.0 Å². The molecule has 1 unspecified atom stereocenters. The fourth-order valence-corrected chi connectivity index (χ4v) is 2.42. The van der Waals surface area contributed by atoms with Gasteiger partial charge in [0.2, 0.25) is 0 Å². The Morgan fingerprint density at radius 1 is 1.62 bits per heavy atom. The predicted octanol–water partition coefficient (Wildman–Crippen LogP) is 1.30. The van der Waals surface area contributed by atoms with Gasteiger partial charge in [-0.3, -0.25) is 0 Å². The van der Waals surface area contributed by atoms with Gasteiger partial charge in [0, 0.05) is 12.6 Å². The molecule has 2 atom stereocenters. The van der Waals surface area contributed by atoms with E-state index in [9.17, 15) is 9.50 Å². The number of hydrogen-bond acceptors (Lipinski definition) is 4. The molecule has 1 aromatic rings. The van der Waals surface area contributed by atoms with Crippen LogP contribution in [0.25, 0.3) is 0 Å². The fourth-order valence-electron chi connectivity index (χ4n) is 1.80. The first kappa shape index (κ1) is 12.0. The maximum absolute atomic E-state index is 13.8. The zero-order valence-corrected chi connectivity index (χ0v) is 11.3. The van der Waals surface area contributed by atoms with E-state index in [-0.39, 0.29) is 13.1 Å². The Labute approximate surface area is 107 Å². The molecule has 0 spiro atoms. The molecule has 1 aliphatic rings. The summed E-state index contributed by atoms with van der Waals surface area (Å²) in [6.07, 6.45) is -0.958. The van der Waals surface area contributed by atoms with Crippen LogP contribution in [0.3, 0.4) is 0 Å². The van der Waals surface area contributed by atoms with E-state index in [0.29, 0.717) is 11.6 Å². The summed E-state index contributed by atoms with van der Waals surface area (Å²) >= 11 is 2.10. The Morgan fingerprint density at radius 2 is 2.31 bits per heavy atom. The summed E-state index contributed by atoms with van der Waals surface area (Å²) in [5.41, 5.74) is -1.57. The number of rotatable bonds is 1. The molecule has 1 aromatic heterocycles. The third-order valence-corrected chi connectivity index (χ3v) is 3.26. The maximum atomic E-state index is 13.8. The van der Waals surface area contributed by atoms with Crippen LogP contribution in [0, 0.1) is 10.6 Å². The molecule has 0 aliphatic carbocycles. The van der Waals surface area contributed by atoms with Gasteiger partial charge >= 0.3 is 0 Å². The fraction of sp³-hybridized carbons (Fsp3) is 0.600. The average molecular weight is 337 g/mol. The quantitative estimate of drug-likeness (QED) is 0.620. The van der Waals surface area contributed by atoms with Crippen molar-refractivity contribution < 1.29 is 9.50 Å². The molecule has 0 amide bonds. The lowest BCUT2D eigenvalue weighted by atomic mass is 10.1. The number of aryl methyl sites for hydroxylation is 1. The van der Waals surface area contributed by atoms with Gasteiger partial charge in [0.25, 0.3) is 0 Å². The molecule has 1 N–H and O–H groups in total. The van der Waals surface area contributed by atoms with Gasteiger partial charge in [0.05, 0.1) is 6.54 Å². The van der Waals surface area contributed by atoms with Gasteiger partial charge in [-0.15, -0.1) is 0 Å². The van der Waals surface area contributed by atoms with Crippen LogP contribution in [0.5, 0.6) is 0 Å². The standard InChI is InChI=1S/C10H13FIN3O/c1-6-13-8(12)3-9(14-6)15-4-7(16)10(2,11)5-15/h3,7,16H,4-5H2,1-2H3/t7?,10-/m0/s1. The zero-order chi connectivity index (χ0) is 11.9. The van der Waals surface area contributed by atoms with E-state index in [0.717, 1.165) is 3.70 Å². The van der Waals surface area contributed by atoms with Crippen molar-refractivity contribution in [2.45, 2.75) is 25.6 Å². The summed E-state index contributed by atoms with van der Waals surface area (Å²) in [6.45, 7) is 3.66. The van der Waals surface area contributed by atoms with Crippen molar-refractivity contribution in [1.29, 1.82) is 0 Å². The van der Waals surface area contributed by atoms with E-state index in [1.54, 1.807) is 17.9 Å². The molecule has 0 saturated carbocycles. The second-order valence-electron chi connectivity index (χ2n) is 4.27. The van der Waals surface area contributed by atoms with E-state index >= 15 is 0 Å². The smallest absolute Gasteiger partial charge is 0.153 e. The molecule has 0 aromatic carbocycles. The lowest BCUT2D eigenvalue weighted by Crippen LogP contribution is -2.32. The van der Waals surface area contributed by atoms with Crippen LogP contribution in [0.15, 0.2) is 6.07 Å². The molecule has 0 bridgehead atoms. The highest BCUT2D eigenvalue weighted by Crippen LogP contribution is 2.29. The van der Waals surface area contributed by atoms with Gasteiger partial charge in [-0.1, -0.05) is 0 Å². The lowest BCUT2D eigenvalue weighted by molar-refractivity contribution is 0.0459. The molecule has 1 aliphatic heterocycles. The van der Waals surface area contributed by atoms with Crippen LogP contribution in [0.4, 0.5) is 10.2 Å². The molecule has 4 nitrogen and oxygen atoms in total. The summed E-state index contributed by atoms with van der Waals surface area (Å²) in [5.74, 6) is 1.33. The molecule has 16 heavy (non-hydrogen) atoms. The van der Waals surface area contributed by atoms with E-state index in [4.69, 9.17) is 0 Å². The Kier molecular flexibility index (Phi) is 3.04. The summed E-state index contributed by atoms with van der Waals surface area (Å²) in [7, 11) is 0. The third-order valence-electron chi connectivity index (χ3n) is 2.71. The molecule has 0 radical (unpaired) electrons. The van der Waals surface area contributed by atoms with E-state index in [1.165, 1.54) is 6.92 Å². The zero-order valence-electron chi connectivity index (χ0n) is 9.11. The molecule has 88 valence electrons. The van der Waals surface area contributed by atoms with Crippen molar-refractivity contribution in [1.82, 2.24) is 9.97 Å². The van der Waals surface area contributed by atoms with Gasteiger partial charge in [-0.2, -0.15) is 0 Å². The molecule has 2 rings (SSSR count). The number of aliphatic hydroxyl groups excluding tert-OH is 1. The van der Waals surface area contributed by atoms with Crippen molar-refractivity contribution in [3.8, 4) is 0 Å². The number of hydrogen-bond donors (Lipinski definition) is 1. The van der Waals surface area contributed by atoms with Gasteiger partial charge in [-0.05, 0) is 36.4 Å². The molecule has 1 saturated heterocycles. The summed E-state index contributed by atoms with van der Waals surface area (Å²) < 4.78 is 14.6. The first-order valence-corrected chi connectivity index (χ1v) is 6.09. The number of nitrogens with zero attached hydrogens (tertiary/aromatic N) is 3. The van der Waals surface area contributed by atoms with Crippen LogP contribution in [-0.4, -0.2) is 39.9 Å². The number of aromatic nitrogens is 2. The number of aliphatic hydroxyl groups is 1. The highest BCUT2D eigenvalue weighted by atomic mass is 127. The Bertz CT molecular complexity index is 393. The second-order valence-corrected chi connectivity index (χ2v) is 5.38. The SMILES string of the molecule is Cc1nc(I)cc(N2CC(O)[C@@](C)(F)C2)n1. The Morgan fingerprint density at radius 3 is 2.81 bits per heavy atom. The van der Waals surface area contributed by atoms with Crippen LogP contribution < -0.4 is 4.90 Å². The number of β-amino-alcohol motifs (C(OH)–C–C–N with tert-alkyl or cyclic N) is 1. The largest absolute Gasteiger partial charge is 0.388 e. The van der Waals surface area contributed by atoms with Crippen LogP contribution in [0.1, 0.15) is 12.7 Å². The van der Waals surface area contributed by atoms with Crippen LogP contribution >= 0.6 is 22.6 Å². The van der Waals surface area contributed by atoms with Crippen molar-refractivity contribution in [3.05, 3.63) is 15.6 Å². The second kappa shape index (κ2) is 4.06. The predicted molar refractivity (Wildman–Crippen MR) is 67.2 cm³/mol. The van der Waals surface area contributed by atoms with E-state index < -0.39 is 11.8 Å². The van der Waals surface area contributed by atoms with Gasteiger partial charge in [0.1, 0.15) is 21.4 Å². The number of anilines is 1. The van der Waals surface area contributed by atoms with E-state index in [1.807, 2.05) is 0 Å². The van der Waals surface area contributed by atoms with Crippen molar-refractivity contribution in [3.63, 3.8) is 0 Å². The minimum absolute atomic E-state index is 0.167. The molecule has 2 heterocycles.